The number of aromatic nitrogens is 2. The molecule has 0 aliphatic heterocycles. The first-order chi connectivity index (χ1) is 12.2. The van der Waals surface area contributed by atoms with Crippen molar-refractivity contribution >= 4 is 15.9 Å². The summed E-state index contributed by atoms with van der Waals surface area (Å²) in [7, 11) is 1.68. The van der Waals surface area contributed by atoms with Crippen molar-refractivity contribution in [3.05, 3.63) is 76.0 Å². The molecule has 2 aromatic carbocycles. The minimum atomic E-state index is 0.530. The number of hydrogen-bond donors (Lipinski definition) is 0. The molecule has 1 heterocycles. The van der Waals surface area contributed by atoms with Gasteiger partial charge in [-0.25, -0.2) is 0 Å². The quantitative estimate of drug-likeness (QED) is 0.572. The molecule has 0 N–H and O–H groups in total. The van der Waals surface area contributed by atoms with E-state index in [0.717, 1.165) is 40.3 Å². The average molecular weight is 401 g/mol. The first kappa shape index (κ1) is 17.5. The zero-order valence-corrected chi connectivity index (χ0v) is 16.0. The highest BCUT2D eigenvalue weighted by Crippen LogP contribution is 2.29. The highest BCUT2D eigenvalue weighted by molar-refractivity contribution is 9.10. The van der Waals surface area contributed by atoms with Crippen molar-refractivity contribution in [3.63, 3.8) is 0 Å². The molecule has 0 aliphatic rings. The Bertz CT molecular complexity index is 831. The molecule has 0 bridgehead atoms. The van der Waals surface area contributed by atoms with Gasteiger partial charge < -0.3 is 9.47 Å². The van der Waals surface area contributed by atoms with Crippen molar-refractivity contribution in [2.45, 2.75) is 26.5 Å². The third-order valence-corrected chi connectivity index (χ3v) is 4.76. The van der Waals surface area contributed by atoms with Crippen LogP contribution in [0, 0.1) is 6.92 Å². The lowest BCUT2D eigenvalue weighted by atomic mass is 10.1. The van der Waals surface area contributed by atoms with E-state index in [1.807, 2.05) is 41.9 Å². The Morgan fingerprint density at radius 2 is 1.80 bits per heavy atom. The SMILES string of the molecule is COc1cccc(CCn2nc(C)c(OCc3ccccc3)c2Br)c1. The van der Waals surface area contributed by atoms with Crippen LogP contribution in [-0.2, 0) is 19.6 Å². The predicted molar refractivity (Wildman–Crippen MR) is 102 cm³/mol. The Labute approximate surface area is 156 Å². The molecule has 0 amide bonds. The Kier molecular flexibility index (Phi) is 5.76. The summed E-state index contributed by atoms with van der Waals surface area (Å²) in [5, 5.41) is 4.59. The van der Waals surface area contributed by atoms with Crippen molar-refractivity contribution < 1.29 is 9.47 Å². The first-order valence-electron chi connectivity index (χ1n) is 8.20. The molecule has 5 heteroatoms. The van der Waals surface area contributed by atoms with E-state index in [1.165, 1.54) is 5.56 Å². The van der Waals surface area contributed by atoms with E-state index < -0.39 is 0 Å². The Balaban J connectivity index is 1.66. The third-order valence-electron chi connectivity index (χ3n) is 3.99. The largest absolute Gasteiger partial charge is 0.497 e. The molecule has 1 aromatic heterocycles. The molecule has 0 atom stereocenters. The van der Waals surface area contributed by atoms with Gasteiger partial charge in [0.1, 0.15) is 22.7 Å². The molecule has 0 spiro atoms. The second-order valence-corrected chi connectivity index (χ2v) is 6.56. The molecular weight excluding hydrogens is 380 g/mol. The fourth-order valence-corrected chi connectivity index (χ4v) is 3.30. The molecule has 0 unspecified atom stereocenters. The van der Waals surface area contributed by atoms with Gasteiger partial charge in [0.2, 0.25) is 0 Å². The summed E-state index contributed by atoms with van der Waals surface area (Å²) in [5.74, 6) is 1.68. The normalized spacial score (nSPS) is 10.7. The van der Waals surface area contributed by atoms with Gasteiger partial charge >= 0.3 is 0 Å². The van der Waals surface area contributed by atoms with Crippen LogP contribution in [0.25, 0.3) is 0 Å². The summed E-state index contributed by atoms with van der Waals surface area (Å²) >= 11 is 3.63. The van der Waals surface area contributed by atoms with Gasteiger partial charge in [-0.15, -0.1) is 0 Å². The molecule has 0 fully saturated rings. The predicted octanol–water partition coefficient (Wildman–Crippen LogP) is 4.78. The third kappa shape index (κ3) is 4.42. The van der Waals surface area contributed by atoms with E-state index in [-0.39, 0.29) is 0 Å². The maximum absolute atomic E-state index is 5.97. The number of ether oxygens (including phenoxy) is 2. The van der Waals surface area contributed by atoms with Crippen LogP contribution in [-0.4, -0.2) is 16.9 Å². The van der Waals surface area contributed by atoms with Crippen molar-refractivity contribution in [3.8, 4) is 11.5 Å². The van der Waals surface area contributed by atoms with Crippen LogP contribution in [0.5, 0.6) is 11.5 Å². The smallest absolute Gasteiger partial charge is 0.175 e. The minimum absolute atomic E-state index is 0.530. The van der Waals surface area contributed by atoms with Crippen LogP contribution in [0.4, 0.5) is 0 Å². The first-order valence-corrected chi connectivity index (χ1v) is 8.99. The van der Waals surface area contributed by atoms with E-state index in [0.29, 0.717) is 6.61 Å². The number of halogens is 1. The summed E-state index contributed by atoms with van der Waals surface area (Å²) in [4.78, 5) is 0. The summed E-state index contributed by atoms with van der Waals surface area (Å²) in [6.45, 7) is 3.26. The Hall–Kier alpha value is -2.27. The van der Waals surface area contributed by atoms with Crippen LogP contribution in [0.15, 0.2) is 59.2 Å². The van der Waals surface area contributed by atoms with E-state index >= 15 is 0 Å². The lowest BCUT2D eigenvalue weighted by molar-refractivity contribution is 0.301. The second kappa shape index (κ2) is 8.21. The van der Waals surface area contributed by atoms with Crippen molar-refractivity contribution in [1.82, 2.24) is 9.78 Å². The van der Waals surface area contributed by atoms with Crippen molar-refractivity contribution in [1.29, 1.82) is 0 Å². The molecule has 0 saturated carbocycles. The van der Waals surface area contributed by atoms with Crippen LogP contribution >= 0.6 is 15.9 Å². The highest BCUT2D eigenvalue weighted by Gasteiger charge is 2.14. The summed E-state index contributed by atoms with van der Waals surface area (Å²) in [6.07, 6.45) is 0.870. The maximum Gasteiger partial charge on any atom is 0.175 e. The summed E-state index contributed by atoms with van der Waals surface area (Å²) < 4.78 is 14.1. The summed E-state index contributed by atoms with van der Waals surface area (Å²) in [6, 6.07) is 18.2. The number of benzene rings is 2. The topological polar surface area (TPSA) is 36.3 Å². The van der Waals surface area contributed by atoms with Gasteiger partial charge in [-0.2, -0.15) is 5.10 Å². The van der Waals surface area contributed by atoms with Crippen molar-refractivity contribution in [2.75, 3.05) is 7.11 Å². The van der Waals surface area contributed by atoms with Gasteiger partial charge in [0.15, 0.2) is 5.75 Å². The van der Waals surface area contributed by atoms with Crippen LogP contribution in [0.1, 0.15) is 16.8 Å². The van der Waals surface area contributed by atoms with Gasteiger partial charge in [-0.1, -0.05) is 42.5 Å². The zero-order valence-electron chi connectivity index (χ0n) is 14.4. The Morgan fingerprint density at radius 3 is 2.56 bits per heavy atom. The van der Waals surface area contributed by atoms with Gasteiger partial charge in [-0.3, -0.25) is 4.68 Å². The van der Waals surface area contributed by atoms with E-state index in [1.54, 1.807) is 7.11 Å². The van der Waals surface area contributed by atoms with Gasteiger partial charge in [-0.05, 0) is 52.5 Å². The molecule has 3 aromatic rings. The van der Waals surface area contributed by atoms with E-state index in [9.17, 15) is 0 Å². The summed E-state index contributed by atoms with van der Waals surface area (Å²) in [5.41, 5.74) is 3.23. The van der Waals surface area contributed by atoms with Crippen LogP contribution in [0.2, 0.25) is 0 Å². The van der Waals surface area contributed by atoms with Crippen LogP contribution in [0.3, 0.4) is 0 Å². The molecular formula is C20H21BrN2O2. The van der Waals surface area contributed by atoms with Gasteiger partial charge in [0, 0.05) is 6.54 Å². The molecule has 0 radical (unpaired) electrons. The Morgan fingerprint density at radius 1 is 1.04 bits per heavy atom. The number of nitrogens with zero attached hydrogens (tertiary/aromatic N) is 2. The van der Waals surface area contributed by atoms with Crippen LogP contribution < -0.4 is 9.47 Å². The average Bonchev–Trinajstić information content (AvgIpc) is 2.92. The minimum Gasteiger partial charge on any atom is -0.497 e. The lowest BCUT2D eigenvalue weighted by Gasteiger charge is -2.07. The van der Waals surface area contributed by atoms with Gasteiger partial charge in [0.05, 0.1) is 7.11 Å². The monoisotopic (exact) mass is 400 g/mol. The molecule has 0 aliphatic carbocycles. The molecule has 0 saturated heterocycles. The number of rotatable bonds is 7. The standard InChI is InChI=1S/C20H21BrN2O2/c1-15-19(25-14-17-7-4-3-5-8-17)20(21)23(22-15)12-11-16-9-6-10-18(13-16)24-2/h3-10,13H,11-12,14H2,1-2H3. The molecule has 4 nitrogen and oxygen atoms in total. The number of methoxy groups -OCH3 is 1. The van der Waals surface area contributed by atoms with Gasteiger partial charge in [0.25, 0.3) is 0 Å². The zero-order chi connectivity index (χ0) is 17.6. The molecule has 25 heavy (non-hydrogen) atoms. The maximum atomic E-state index is 5.97. The second-order valence-electron chi connectivity index (χ2n) is 5.80. The molecule has 3 rings (SSSR count). The lowest BCUT2D eigenvalue weighted by Crippen LogP contribution is -2.04. The van der Waals surface area contributed by atoms with E-state index in [4.69, 9.17) is 9.47 Å². The molecule has 130 valence electrons. The van der Waals surface area contributed by atoms with Crippen molar-refractivity contribution in [2.24, 2.45) is 0 Å². The van der Waals surface area contributed by atoms with E-state index in [2.05, 4.69) is 45.3 Å². The fourth-order valence-electron chi connectivity index (χ4n) is 2.64. The fraction of sp³-hybridized carbons (Fsp3) is 0.250. The highest BCUT2D eigenvalue weighted by atomic mass is 79.9. The number of aryl methyl sites for hydroxylation is 3. The number of hydrogen-bond acceptors (Lipinski definition) is 3.